The fourth-order valence-electron chi connectivity index (χ4n) is 6.04. The minimum absolute atomic E-state index is 0.00361. The monoisotopic (exact) mass is 572 g/mol. The number of ether oxygens (including phenoxy) is 3. The second-order valence-electron chi connectivity index (χ2n) is 12.5. The minimum atomic E-state index is -0.574. The molecule has 7 nitrogen and oxygen atoms in total. The lowest BCUT2D eigenvalue weighted by Gasteiger charge is -2.43. The van der Waals surface area contributed by atoms with Crippen molar-refractivity contribution < 1.29 is 24.1 Å². The predicted octanol–water partition coefficient (Wildman–Crippen LogP) is 5.90. The molecule has 3 aromatic rings. The molecule has 0 aromatic heterocycles. The van der Waals surface area contributed by atoms with Crippen LogP contribution < -0.4 is 5.73 Å². The molecule has 5 atom stereocenters. The van der Waals surface area contributed by atoms with E-state index in [-0.39, 0.29) is 36.7 Å². The summed E-state index contributed by atoms with van der Waals surface area (Å²) in [5.74, 6) is -0.141. The van der Waals surface area contributed by atoms with E-state index in [0.717, 1.165) is 52.8 Å². The molecule has 2 aliphatic heterocycles. The first-order valence-corrected chi connectivity index (χ1v) is 15.0. The lowest BCUT2D eigenvalue weighted by molar-refractivity contribution is -0.276. The number of benzene rings is 3. The molecule has 2 aliphatic rings. The van der Waals surface area contributed by atoms with Gasteiger partial charge in [0.2, 0.25) is 0 Å². The molecule has 2 fully saturated rings. The molecule has 0 radical (unpaired) electrons. The van der Waals surface area contributed by atoms with Gasteiger partial charge in [-0.1, -0.05) is 79.7 Å². The summed E-state index contributed by atoms with van der Waals surface area (Å²) >= 11 is 0. The fraction of sp³-hybridized carbons (Fsp3) is 0.457. The lowest BCUT2D eigenvalue weighted by Crippen LogP contribution is -2.48. The van der Waals surface area contributed by atoms with Crippen molar-refractivity contribution in [2.75, 3.05) is 13.1 Å². The number of hydrogen-bond donors (Lipinski definition) is 2. The van der Waals surface area contributed by atoms with E-state index in [0.29, 0.717) is 13.1 Å². The van der Waals surface area contributed by atoms with E-state index in [1.165, 1.54) is 0 Å². The molecule has 0 saturated carbocycles. The summed E-state index contributed by atoms with van der Waals surface area (Å²) in [5, 5.41) is 9.56. The molecule has 5 rings (SSSR count). The van der Waals surface area contributed by atoms with E-state index in [9.17, 15) is 9.90 Å². The number of likely N-dealkylation sites (tertiary alicyclic amines) is 1. The molecule has 0 bridgehead atoms. The second-order valence-corrected chi connectivity index (χ2v) is 12.5. The van der Waals surface area contributed by atoms with Gasteiger partial charge in [-0.15, -0.1) is 0 Å². The summed E-state index contributed by atoms with van der Waals surface area (Å²) < 4.78 is 19.1. The Morgan fingerprint density at radius 1 is 1.00 bits per heavy atom. The molecular weight excluding hydrogens is 528 g/mol. The van der Waals surface area contributed by atoms with Gasteiger partial charge in [0.1, 0.15) is 11.6 Å². The van der Waals surface area contributed by atoms with Crippen LogP contribution in [0.5, 0.6) is 0 Å². The van der Waals surface area contributed by atoms with Gasteiger partial charge < -0.3 is 25.1 Å². The van der Waals surface area contributed by atoms with E-state index in [1.807, 2.05) is 57.2 Å². The first-order chi connectivity index (χ1) is 20.2. The summed E-state index contributed by atoms with van der Waals surface area (Å²) in [6, 6.07) is 24.1. The van der Waals surface area contributed by atoms with Crippen molar-refractivity contribution in [3.05, 3.63) is 95.1 Å². The Bertz CT molecular complexity index is 1330. The largest absolute Gasteiger partial charge is 0.459 e. The Hall–Kier alpha value is -3.07. The van der Waals surface area contributed by atoms with Crippen LogP contribution in [0.3, 0.4) is 0 Å². The van der Waals surface area contributed by atoms with Gasteiger partial charge in [0.05, 0.1) is 18.8 Å². The number of esters is 1. The van der Waals surface area contributed by atoms with Gasteiger partial charge >= 0.3 is 5.97 Å². The molecule has 3 aromatic carbocycles. The van der Waals surface area contributed by atoms with E-state index >= 15 is 0 Å². The molecule has 0 amide bonds. The quantitative estimate of drug-likeness (QED) is 0.325. The van der Waals surface area contributed by atoms with Crippen LogP contribution in [0.1, 0.15) is 75.2 Å². The van der Waals surface area contributed by atoms with Gasteiger partial charge in [0.25, 0.3) is 0 Å². The van der Waals surface area contributed by atoms with Crippen molar-refractivity contribution in [3.63, 3.8) is 0 Å². The maximum atomic E-state index is 13.1. The van der Waals surface area contributed by atoms with Gasteiger partial charge in [-0.25, -0.2) is 0 Å². The number of nitrogens with two attached hydrogens (primary N) is 1. The van der Waals surface area contributed by atoms with Crippen molar-refractivity contribution in [1.82, 2.24) is 4.90 Å². The molecule has 0 spiro atoms. The van der Waals surface area contributed by atoms with Crippen LogP contribution in [-0.4, -0.2) is 46.8 Å². The number of nitrogens with zero attached hydrogens (tertiary/aromatic N) is 1. The number of carbonyl (C=O) groups excluding carboxylic acids is 1. The predicted molar refractivity (Wildman–Crippen MR) is 163 cm³/mol. The average molecular weight is 573 g/mol. The third-order valence-electron chi connectivity index (χ3n) is 8.31. The zero-order valence-electron chi connectivity index (χ0n) is 25.2. The smallest absolute Gasteiger partial charge is 0.323 e. The van der Waals surface area contributed by atoms with Crippen LogP contribution in [0.2, 0.25) is 0 Å². The maximum Gasteiger partial charge on any atom is 0.323 e. The van der Waals surface area contributed by atoms with E-state index < -0.39 is 11.9 Å². The lowest BCUT2D eigenvalue weighted by atomic mass is 9.89. The fourth-order valence-corrected chi connectivity index (χ4v) is 6.04. The molecule has 2 saturated heterocycles. The Kier molecular flexibility index (Phi) is 9.45. The van der Waals surface area contributed by atoms with Gasteiger partial charge in [-0.2, -0.15) is 0 Å². The standard InChI is InChI=1S/C35H44N2O5/c1-23-31(21-37-19-7-10-30(37)33(39)42-35(2,3)4)40-34(41-32(23)26-13-11-24(22-38)12-14-26)27-17-15-25(16-18-27)29-9-6-5-8-28(29)20-36/h5-6,8-9,11-18,23,30-32,34,38H,7,10,19-22,36H2,1-4H3/t23-,30+,31+,32+,34+/m1/s1. The van der Waals surface area contributed by atoms with Crippen molar-refractivity contribution in [3.8, 4) is 11.1 Å². The molecule has 0 unspecified atom stereocenters. The van der Waals surface area contributed by atoms with Gasteiger partial charge in [-0.3, -0.25) is 9.69 Å². The zero-order chi connectivity index (χ0) is 29.9. The van der Waals surface area contributed by atoms with Crippen LogP contribution >= 0.6 is 0 Å². The number of hydrogen-bond acceptors (Lipinski definition) is 7. The number of rotatable bonds is 8. The Balaban J connectivity index is 1.41. The summed E-state index contributed by atoms with van der Waals surface area (Å²) in [6.45, 7) is 9.78. The number of aliphatic hydroxyl groups excluding tert-OH is 1. The molecule has 224 valence electrons. The SMILES string of the molecule is C[C@@H]1[C@H](CN2CCC[C@H]2C(=O)OC(C)(C)C)O[C@H](c2ccc(-c3ccccc3CN)cc2)O[C@@H]1c1ccc(CO)cc1. The average Bonchev–Trinajstić information content (AvgIpc) is 3.46. The molecule has 3 N–H and O–H groups in total. The first-order valence-electron chi connectivity index (χ1n) is 15.0. The molecule has 2 heterocycles. The first kappa shape index (κ1) is 30.4. The summed E-state index contributed by atoms with van der Waals surface area (Å²) in [5.41, 5.74) is 11.6. The minimum Gasteiger partial charge on any atom is -0.459 e. The van der Waals surface area contributed by atoms with Gasteiger partial charge in [0.15, 0.2) is 6.29 Å². The van der Waals surface area contributed by atoms with Crippen LogP contribution in [0, 0.1) is 5.92 Å². The summed E-state index contributed by atoms with van der Waals surface area (Å²) in [4.78, 5) is 15.3. The third kappa shape index (κ3) is 6.93. The molecule has 7 heteroatoms. The highest BCUT2D eigenvalue weighted by Gasteiger charge is 2.42. The van der Waals surface area contributed by atoms with Crippen molar-refractivity contribution in [1.29, 1.82) is 0 Å². The zero-order valence-corrected chi connectivity index (χ0v) is 25.2. The van der Waals surface area contributed by atoms with E-state index in [2.05, 4.69) is 48.2 Å². The van der Waals surface area contributed by atoms with E-state index in [1.54, 1.807) is 0 Å². The van der Waals surface area contributed by atoms with Gasteiger partial charge in [0, 0.05) is 24.6 Å². The number of aliphatic hydroxyl groups is 1. The topological polar surface area (TPSA) is 94.3 Å². The van der Waals surface area contributed by atoms with Crippen molar-refractivity contribution in [2.24, 2.45) is 11.7 Å². The molecule has 0 aliphatic carbocycles. The van der Waals surface area contributed by atoms with Crippen LogP contribution in [0.4, 0.5) is 0 Å². The second kappa shape index (κ2) is 13.1. The Labute approximate surface area is 249 Å². The van der Waals surface area contributed by atoms with Crippen LogP contribution in [0.15, 0.2) is 72.8 Å². The highest BCUT2D eigenvalue weighted by atomic mass is 16.7. The number of carbonyl (C=O) groups is 1. The van der Waals surface area contributed by atoms with Crippen LogP contribution in [-0.2, 0) is 32.2 Å². The molecular formula is C35H44N2O5. The highest BCUT2D eigenvalue weighted by molar-refractivity contribution is 5.76. The van der Waals surface area contributed by atoms with Crippen molar-refractivity contribution >= 4 is 5.97 Å². The summed E-state index contributed by atoms with van der Waals surface area (Å²) in [7, 11) is 0. The van der Waals surface area contributed by atoms with Gasteiger partial charge in [-0.05, 0) is 68.0 Å². The van der Waals surface area contributed by atoms with Crippen molar-refractivity contribution in [2.45, 2.75) is 83.8 Å². The Morgan fingerprint density at radius 2 is 1.69 bits per heavy atom. The van der Waals surface area contributed by atoms with E-state index in [4.69, 9.17) is 19.9 Å². The normalized spacial score (nSPS) is 25.0. The Morgan fingerprint density at radius 3 is 2.36 bits per heavy atom. The van der Waals surface area contributed by atoms with Crippen LogP contribution in [0.25, 0.3) is 11.1 Å². The third-order valence-corrected chi connectivity index (χ3v) is 8.31. The highest BCUT2D eigenvalue weighted by Crippen LogP contribution is 2.42. The maximum absolute atomic E-state index is 13.1. The summed E-state index contributed by atoms with van der Waals surface area (Å²) in [6.07, 6.45) is 0.764. The molecule has 42 heavy (non-hydrogen) atoms.